The van der Waals surface area contributed by atoms with Crippen LogP contribution in [0.1, 0.15) is 5.56 Å². The first-order valence-corrected chi connectivity index (χ1v) is 8.07. The molecule has 0 fully saturated rings. The summed E-state index contributed by atoms with van der Waals surface area (Å²) < 4.78 is 11.0. The maximum Gasteiger partial charge on any atom is 0.519 e. The SMILES string of the molecule is Cc1cccc(OC(=O)Oc2c3ccccc3cc3ccccc23)c1. The fourth-order valence-electron chi connectivity index (χ4n) is 2.96. The third-order valence-corrected chi connectivity index (χ3v) is 4.10. The maximum absolute atomic E-state index is 12.3. The van der Waals surface area contributed by atoms with Crippen molar-refractivity contribution in [1.82, 2.24) is 0 Å². The molecule has 3 heteroatoms. The molecular weight excluding hydrogens is 312 g/mol. The molecule has 0 heterocycles. The first-order valence-electron chi connectivity index (χ1n) is 8.07. The van der Waals surface area contributed by atoms with Crippen molar-refractivity contribution in [1.29, 1.82) is 0 Å². The molecule has 0 aliphatic rings. The Hall–Kier alpha value is -3.33. The normalized spacial score (nSPS) is 10.8. The number of hydrogen-bond donors (Lipinski definition) is 0. The number of aryl methyl sites for hydroxylation is 1. The molecule has 25 heavy (non-hydrogen) atoms. The lowest BCUT2D eigenvalue weighted by Crippen LogP contribution is -2.14. The van der Waals surface area contributed by atoms with Gasteiger partial charge >= 0.3 is 6.16 Å². The van der Waals surface area contributed by atoms with E-state index in [-0.39, 0.29) is 0 Å². The summed E-state index contributed by atoms with van der Waals surface area (Å²) in [7, 11) is 0. The first kappa shape index (κ1) is 15.2. The van der Waals surface area contributed by atoms with Crippen LogP contribution in [0.5, 0.6) is 11.5 Å². The van der Waals surface area contributed by atoms with Crippen molar-refractivity contribution in [2.75, 3.05) is 0 Å². The van der Waals surface area contributed by atoms with Gasteiger partial charge in [0, 0.05) is 10.8 Å². The molecule has 0 spiro atoms. The molecule has 0 unspecified atom stereocenters. The summed E-state index contributed by atoms with van der Waals surface area (Å²) in [6.07, 6.45) is -0.743. The summed E-state index contributed by atoms with van der Waals surface area (Å²) in [5.41, 5.74) is 1.01. The van der Waals surface area contributed by atoms with Gasteiger partial charge in [0.15, 0.2) is 0 Å². The van der Waals surface area contributed by atoms with Gasteiger partial charge in [-0.25, -0.2) is 4.79 Å². The highest BCUT2D eigenvalue weighted by atomic mass is 16.7. The highest BCUT2D eigenvalue weighted by molar-refractivity contribution is 6.06. The van der Waals surface area contributed by atoms with E-state index < -0.39 is 6.16 Å². The Morgan fingerprint density at radius 1 is 0.720 bits per heavy atom. The van der Waals surface area contributed by atoms with Crippen LogP contribution in [0.25, 0.3) is 21.5 Å². The van der Waals surface area contributed by atoms with Crippen LogP contribution in [0.2, 0.25) is 0 Å². The lowest BCUT2D eigenvalue weighted by atomic mass is 10.0. The molecule has 4 rings (SSSR count). The number of ether oxygens (including phenoxy) is 2. The van der Waals surface area contributed by atoms with Gasteiger partial charge in [0.1, 0.15) is 11.5 Å². The zero-order chi connectivity index (χ0) is 17.2. The van der Waals surface area contributed by atoms with Crippen LogP contribution in [0.3, 0.4) is 0 Å². The molecule has 0 aliphatic heterocycles. The quantitative estimate of drug-likeness (QED) is 0.262. The molecular formula is C22H16O3. The molecule has 0 atom stereocenters. The van der Waals surface area contributed by atoms with Crippen molar-refractivity contribution in [3.8, 4) is 11.5 Å². The fraction of sp³-hybridized carbons (Fsp3) is 0.0455. The number of hydrogen-bond acceptors (Lipinski definition) is 3. The van der Waals surface area contributed by atoms with Crippen molar-refractivity contribution in [2.45, 2.75) is 6.92 Å². The van der Waals surface area contributed by atoms with Gasteiger partial charge in [-0.3, -0.25) is 0 Å². The molecule has 0 saturated carbocycles. The summed E-state index contributed by atoms with van der Waals surface area (Å²) in [4.78, 5) is 12.3. The zero-order valence-corrected chi connectivity index (χ0v) is 13.7. The zero-order valence-electron chi connectivity index (χ0n) is 13.7. The number of rotatable bonds is 2. The van der Waals surface area contributed by atoms with Crippen molar-refractivity contribution >= 4 is 27.7 Å². The second-order valence-corrected chi connectivity index (χ2v) is 5.92. The number of carbonyl (C=O) groups is 1. The Balaban J connectivity index is 1.75. The Labute approximate surface area is 145 Å². The minimum absolute atomic E-state index is 0.467. The van der Waals surface area contributed by atoms with E-state index in [1.807, 2.05) is 67.6 Å². The van der Waals surface area contributed by atoms with Gasteiger partial charge in [-0.2, -0.15) is 0 Å². The average Bonchev–Trinajstić information content (AvgIpc) is 2.61. The van der Waals surface area contributed by atoms with Gasteiger partial charge < -0.3 is 9.47 Å². The Morgan fingerprint density at radius 3 is 2.00 bits per heavy atom. The van der Waals surface area contributed by atoms with Crippen LogP contribution < -0.4 is 9.47 Å². The Kier molecular flexibility index (Phi) is 3.82. The molecule has 0 bridgehead atoms. The van der Waals surface area contributed by atoms with Gasteiger partial charge in [-0.05, 0) is 41.5 Å². The van der Waals surface area contributed by atoms with Gasteiger partial charge in [0.2, 0.25) is 0 Å². The van der Waals surface area contributed by atoms with E-state index in [2.05, 4.69) is 6.07 Å². The molecule has 4 aromatic rings. The van der Waals surface area contributed by atoms with E-state index in [4.69, 9.17) is 9.47 Å². The van der Waals surface area contributed by atoms with E-state index in [9.17, 15) is 4.79 Å². The Morgan fingerprint density at radius 2 is 1.36 bits per heavy atom. The number of carbonyl (C=O) groups excluding carboxylic acids is 1. The monoisotopic (exact) mass is 328 g/mol. The number of fused-ring (bicyclic) bond motifs is 2. The smallest absolute Gasteiger partial charge is 0.395 e. The third-order valence-electron chi connectivity index (χ3n) is 4.10. The molecule has 122 valence electrons. The van der Waals surface area contributed by atoms with Crippen LogP contribution in [0, 0.1) is 6.92 Å². The van der Waals surface area contributed by atoms with Crippen LogP contribution in [-0.4, -0.2) is 6.16 Å². The van der Waals surface area contributed by atoms with E-state index in [0.717, 1.165) is 27.1 Å². The summed E-state index contributed by atoms with van der Waals surface area (Å²) in [5.74, 6) is 0.987. The lowest BCUT2D eigenvalue weighted by Gasteiger charge is -2.12. The van der Waals surface area contributed by atoms with Crippen LogP contribution in [0.4, 0.5) is 4.79 Å². The van der Waals surface area contributed by atoms with Crippen molar-refractivity contribution in [3.63, 3.8) is 0 Å². The van der Waals surface area contributed by atoms with Gasteiger partial charge in [0.05, 0.1) is 0 Å². The predicted octanol–water partition coefficient (Wildman–Crippen LogP) is 5.88. The van der Waals surface area contributed by atoms with E-state index in [1.165, 1.54) is 0 Å². The number of benzene rings is 4. The van der Waals surface area contributed by atoms with Gasteiger partial charge in [0.25, 0.3) is 0 Å². The highest BCUT2D eigenvalue weighted by Gasteiger charge is 2.14. The van der Waals surface area contributed by atoms with Crippen molar-refractivity contribution < 1.29 is 14.3 Å². The largest absolute Gasteiger partial charge is 0.519 e. The average molecular weight is 328 g/mol. The summed E-state index contributed by atoms with van der Waals surface area (Å²) in [6.45, 7) is 1.94. The minimum Gasteiger partial charge on any atom is -0.395 e. The van der Waals surface area contributed by atoms with Crippen LogP contribution in [0.15, 0.2) is 78.9 Å². The van der Waals surface area contributed by atoms with Gasteiger partial charge in [-0.1, -0.05) is 60.7 Å². The van der Waals surface area contributed by atoms with E-state index >= 15 is 0 Å². The molecule has 0 N–H and O–H groups in total. The standard InChI is InChI=1S/C22H16O3/c1-15-7-6-10-18(13-15)24-22(23)25-21-19-11-4-2-8-16(19)14-17-9-3-5-12-20(17)21/h2-14H,1H3. The molecule has 0 aliphatic carbocycles. The van der Waals surface area contributed by atoms with E-state index in [1.54, 1.807) is 12.1 Å². The molecule has 0 radical (unpaired) electrons. The van der Waals surface area contributed by atoms with Crippen molar-refractivity contribution in [2.24, 2.45) is 0 Å². The second-order valence-electron chi connectivity index (χ2n) is 5.92. The van der Waals surface area contributed by atoms with Crippen LogP contribution in [-0.2, 0) is 0 Å². The van der Waals surface area contributed by atoms with Crippen molar-refractivity contribution in [3.05, 3.63) is 84.4 Å². The van der Waals surface area contributed by atoms with E-state index in [0.29, 0.717) is 11.5 Å². The summed E-state index contributed by atoms with van der Waals surface area (Å²) in [6, 6.07) is 25.1. The molecule has 0 saturated heterocycles. The maximum atomic E-state index is 12.3. The summed E-state index contributed by atoms with van der Waals surface area (Å²) >= 11 is 0. The van der Waals surface area contributed by atoms with Gasteiger partial charge in [-0.15, -0.1) is 0 Å². The second kappa shape index (κ2) is 6.29. The lowest BCUT2D eigenvalue weighted by molar-refractivity contribution is 0.153. The predicted molar refractivity (Wildman–Crippen MR) is 99.3 cm³/mol. The molecule has 4 aromatic carbocycles. The first-order chi connectivity index (χ1) is 12.2. The van der Waals surface area contributed by atoms with Crippen LogP contribution >= 0.6 is 0 Å². The third kappa shape index (κ3) is 3.04. The Bertz CT molecular complexity index is 1030. The molecule has 3 nitrogen and oxygen atoms in total. The summed E-state index contributed by atoms with van der Waals surface area (Å²) in [5, 5.41) is 3.78. The molecule has 0 amide bonds. The fourth-order valence-corrected chi connectivity index (χ4v) is 2.96. The highest BCUT2D eigenvalue weighted by Crippen LogP contribution is 2.35. The minimum atomic E-state index is -0.743. The topological polar surface area (TPSA) is 35.5 Å². The molecule has 0 aromatic heterocycles.